The van der Waals surface area contributed by atoms with E-state index in [2.05, 4.69) is 35.4 Å². The minimum atomic E-state index is 0.394. The lowest BCUT2D eigenvalue weighted by atomic mass is 10.0. The molecule has 0 fully saturated rings. The van der Waals surface area contributed by atoms with Crippen molar-refractivity contribution in [2.24, 2.45) is 0 Å². The fourth-order valence-corrected chi connectivity index (χ4v) is 2.66. The van der Waals surface area contributed by atoms with E-state index >= 15 is 0 Å². The molecule has 1 aromatic heterocycles. The first-order valence-electron chi connectivity index (χ1n) is 6.62. The maximum Gasteiger partial charge on any atom is 0.213 e. The molecule has 0 amide bonds. The van der Waals surface area contributed by atoms with Crippen molar-refractivity contribution in [3.8, 4) is 5.88 Å². The summed E-state index contributed by atoms with van der Waals surface area (Å²) in [5.41, 5.74) is 5.25. The molecule has 0 spiro atoms. The van der Waals surface area contributed by atoms with Gasteiger partial charge in [-0.15, -0.1) is 0 Å². The number of hydrogen-bond donors (Lipinski definition) is 1. The highest BCUT2D eigenvalue weighted by Crippen LogP contribution is 2.34. The Morgan fingerprint density at radius 1 is 1.26 bits per heavy atom. The molecule has 0 radical (unpaired) electrons. The number of anilines is 1. The fraction of sp³-hybridized carbons (Fsp3) is 0.312. The van der Waals surface area contributed by atoms with Gasteiger partial charge in [0.05, 0.1) is 25.0 Å². The molecule has 1 aliphatic carbocycles. The fourth-order valence-electron chi connectivity index (χ4n) is 2.66. The van der Waals surface area contributed by atoms with Crippen LogP contribution in [0.3, 0.4) is 0 Å². The molecule has 3 nitrogen and oxygen atoms in total. The highest BCUT2D eigenvalue weighted by molar-refractivity contribution is 5.48. The van der Waals surface area contributed by atoms with Crippen LogP contribution in [-0.4, -0.2) is 12.1 Å². The molecule has 1 atom stereocenters. The number of pyridine rings is 1. The SMILES string of the molecule is COc1ccc(NC2CCc3ccc(C)cc32)cn1. The van der Waals surface area contributed by atoms with E-state index in [1.54, 1.807) is 7.11 Å². The molecule has 0 saturated carbocycles. The minimum Gasteiger partial charge on any atom is -0.481 e. The predicted octanol–water partition coefficient (Wildman–Crippen LogP) is 3.50. The monoisotopic (exact) mass is 254 g/mol. The Morgan fingerprint density at radius 2 is 2.16 bits per heavy atom. The van der Waals surface area contributed by atoms with Crippen molar-refractivity contribution < 1.29 is 4.74 Å². The molecule has 1 heterocycles. The van der Waals surface area contributed by atoms with Gasteiger partial charge in [-0.1, -0.05) is 23.8 Å². The van der Waals surface area contributed by atoms with Crippen LogP contribution in [0.2, 0.25) is 0 Å². The number of ether oxygens (including phenoxy) is 1. The van der Waals surface area contributed by atoms with Crippen LogP contribution in [0.15, 0.2) is 36.5 Å². The maximum atomic E-state index is 5.07. The van der Waals surface area contributed by atoms with Gasteiger partial charge < -0.3 is 10.1 Å². The van der Waals surface area contributed by atoms with Crippen LogP contribution in [0.4, 0.5) is 5.69 Å². The smallest absolute Gasteiger partial charge is 0.213 e. The summed E-state index contributed by atoms with van der Waals surface area (Å²) >= 11 is 0. The summed E-state index contributed by atoms with van der Waals surface area (Å²) in [4.78, 5) is 4.23. The van der Waals surface area contributed by atoms with E-state index in [1.807, 2.05) is 18.3 Å². The second-order valence-electron chi connectivity index (χ2n) is 5.03. The molecular weight excluding hydrogens is 236 g/mol. The lowest BCUT2D eigenvalue weighted by Gasteiger charge is -2.16. The van der Waals surface area contributed by atoms with Gasteiger partial charge in [-0.2, -0.15) is 0 Å². The van der Waals surface area contributed by atoms with Crippen molar-refractivity contribution in [2.45, 2.75) is 25.8 Å². The maximum absolute atomic E-state index is 5.07. The number of fused-ring (bicyclic) bond motifs is 1. The molecular formula is C16H18N2O. The summed E-state index contributed by atoms with van der Waals surface area (Å²) in [6.45, 7) is 2.14. The average molecular weight is 254 g/mol. The van der Waals surface area contributed by atoms with Crippen molar-refractivity contribution in [2.75, 3.05) is 12.4 Å². The van der Waals surface area contributed by atoms with Gasteiger partial charge in [0.25, 0.3) is 0 Å². The minimum absolute atomic E-state index is 0.394. The van der Waals surface area contributed by atoms with E-state index in [1.165, 1.54) is 16.7 Å². The third kappa shape index (κ3) is 2.41. The lowest BCUT2D eigenvalue weighted by molar-refractivity contribution is 0.398. The predicted molar refractivity (Wildman–Crippen MR) is 76.7 cm³/mol. The Bertz CT molecular complexity index is 578. The first-order valence-corrected chi connectivity index (χ1v) is 6.62. The van der Waals surface area contributed by atoms with E-state index in [0.717, 1.165) is 18.5 Å². The van der Waals surface area contributed by atoms with Gasteiger partial charge in [0.1, 0.15) is 0 Å². The van der Waals surface area contributed by atoms with E-state index in [4.69, 9.17) is 4.74 Å². The quantitative estimate of drug-likeness (QED) is 0.910. The summed E-state index contributed by atoms with van der Waals surface area (Å²) in [6, 6.07) is 11.0. The van der Waals surface area contributed by atoms with E-state index in [0.29, 0.717) is 11.9 Å². The van der Waals surface area contributed by atoms with Crippen LogP contribution in [-0.2, 0) is 6.42 Å². The zero-order valence-corrected chi connectivity index (χ0v) is 11.3. The van der Waals surface area contributed by atoms with E-state index in [-0.39, 0.29) is 0 Å². The molecule has 19 heavy (non-hydrogen) atoms. The van der Waals surface area contributed by atoms with Crippen LogP contribution in [0.5, 0.6) is 5.88 Å². The highest BCUT2D eigenvalue weighted by Gasteiger charge is 2.22. The van der Waals surface area contributed by atoms with Crippen molar-refractivity contribution >= 4 is 5.69 Å². The second-order valence-corrected chi connectivity index (χ2v) is 5.03. The molecule has 1 N–H and O–H groups in total. The van der Waals surface area contributed by atoms with Gasteiger partial charge >= 0.3 is 0 Å². The second kappa shape index (κ2) is 4.92. The van der Waals surface area contributed by atoms with Crippen LogP contribution in [0, 0.1) is 6.92 Å². The van der Waals surface area contributed by atoms with E-state index in [9.17, 15) is 0 Å². The number of nitrogens with zero attached hydrogens (tertiary/aromatic N) is 1. The first-order chi connectivity index (χ1) is 9.26. The number of nitrogens with one attached hydrogen (secondary N) is 1. The highest BCUT2D eigenvalue weighted by atomic mass is 16.5. The summed E-state index contributed by atoms with van der Waals surface area (Å²) in [5.74, 6) is 0.646. The number of hydrogen-bond acceptors (Lipinski definition) is 3. The third-order valence-corrected chi connectivity index (χ3v) is 3.67. The Morgan fingerprint density at radius 3 is 2.89 bits per heavy atom. The van der Waals surface area contributed by atoms with Crippen LogP contribution >= 0.6 is 0 Å². The molecule has 3 rings (SSSR count). The number of aromatic nitrogens is 1. The standard InChI is InChI=1S/C16H18N2O/c1-11-3-4-12-5-7-15(14(12)9-11)18-13-6-8-16(19-2)17-10-13/h3-4,6,8-10,15,18H,5,7H2,1-2H3. The molecule has 0 saturated heterocycles. The summed E-state index contributed by atoms with van der Waals surface area (Å²) in [6.07, 6.45) is 4.12. The van der Waals surface area contributed by atoms with Gasteiger partial charge in [-0.05, 0) is 37.0 Å². The van der Waals surface area contributed by atoms with Gasteiger partial charge in [0, 0.05) is 6.07 Å². The van der Waals surface area contributed by atoms with Crippen LogP contribution in [0.1, 0.15) is 29.2 Å². The summed E-state index contributed by atoms with van der Waals surface area (Å²) in [5, 5.41) is 3.56. The number of aryl methyl sites for hydroxylation is 2. The molecule has 3 heteroatoms. The molecule has 1 aromatic carbocycles. The Labute approximate surface area is 113 Å². The van der Waals surface area contributed by atoms with Crippen molar-refractivity contribution in [3.63, 3.8) is 0 Å². The largest absolute Gasteiger partial charge is 0.481 e. The van der Waals surface area contributed by atoms with Crippen LogP contribution < -0.4 is 10.1 Å². The number of benzene rings is 1. The molecule has 2 aromatic rings. The first kappa shape index (κ1) is 12.0. The summed E-state index contributed by atoms with van der Waals surface area (Å²) in [7, 11) is 1.63. The number of rotatable bonds is 3. The molecule has 1 unspecified atom stereocenters. The third-order valence-electron chi connectivity index (χ3n) is 3.67. The normalized spacial score (nSPS) is 17.1. The Balaban J connectivity index is 1.80. The Hall–Kier alpha value is -2.03. The zero-order chi connectivity index (χ0) is 13.2. The molecule has 0 bridgehead atoms. The lowest BCUT2D eigenvalue weighted by Crippen LogP contribution is -2.07. The van der Waals surface area contributed by atoms with Gasteiger partial charge in [0.15, 0.2) is 0 Å². The zero-order valence-electron chi connectivity index (χ0n) is 11.3. The topological polar surface area (TPSA) is 34.1 Å². The molecule has 98 valence electrons. The Kier molecular flexibility index (Phi) is 3.11. The van der Waals surface area contributed by atoms with Crippen molar-refractivity contribution in [1.82, 2.24) is 4.98 Å². The number of methoxy groups -OCH3 is 1. The van der Waals surface area contributed by atoms with Crippen molar-refractivity contribution in [1.29, 1.82) is 0 Å². The molecule has 1 aliphatic rings. The summed E-state index contributed by atoms with van der Waals surface area (Å²) < 4.78 is 5.07. The van der Waals surface area contributed by atoms with Crippen molar-refractivity contribution in [3.05, 3.63) is 53.2 Å². The van der Waals surface area contributed by atoms with Gasteiger partial charge in [0.2, 0.25) is 5.88 Å². The molecule has 0 aliphatic heterocycles. The van der Waals surface area contributed by atoms with Crippen LogP contribution in [0.25, 0.3) is 0 Å². The van der Waals surface area contributed by atoms with Gasteiger partial charge in [-0.3, -0.25) is 0 Å². The average Bonchev–Trinajstić information content (AvgIpc) is 2.82. The van der Waals surface area contributed by atoms with E-state index < -0.39 is 0 Å². The van der Waals surface area contributed by atoms with Gasteiger partial charge in [-0.25, -0.2) is 4.98 Å².